The van der Waals surface area contributed by atoms with Crippen LogP contribution >= 0.6 is 0 Å². The summed E-state index contributed by atoms with van der Waals surface area (Å²) < 4.78 is 5.25. The molecule has 0 unspecified atom stereocenters. The molecule has 0 amide bonds. The van der Waals surface area contributed by atoms with Gasteiger partial charge in [0.15, 0.2) is 0 Å². The molecule has 0 saturated carbocycles. The molecule has 1 aromatic rings. The number of benzene rings is 1. The van der Waals surface area contributed by atoms with Gasteiger partial charge in [0.05, 0.1) is 13.2 Å². The highest BCUT2D eigenvalue weighted by atomic mass is 16.5. The Bertz CT molecular complexity index is 287. The second-order valence-electron chi connectivity index (χ2n) is 3.87. The van der Waals surface area contributed by atoms with E-state index in [-0.39, 0.29) is 5.41 Å². The van der Waals surface area contributed by atoms with Gasteiger partial charge in [0, 0.05) is 5.41 Å². The van der Waals surface area contributed by atoms with Crippen molar-refractivity contribution in [2.45, 2.75) is 19.3 Å². The number of rotatable bonds is 1. The molecule has 0 spiro atoms. The Kier molecular flexibility index (Phi) is 1.69. The molecule has 0 bridgehead atoms. The Hall–Kier alpha value is -0.820. The van der Waals surface area contributed by atoms with E-state index < -0.39 is 0 Å². The summed E-state index contributed by atoms with van der Waals surface area (Å²) in [5, 5.41) is 0. The van der Waals surface area contributed by atoms with E-state index in [1.165, 1.54) is 11.1 Å². The summed E-state index contributed by atoms with van der Waals surface area (Å²) in [6.45, 7) is 6.17. The van der Waals surface area contributed by atoms with Crippen LogP contribution in [0, 0.1) is 6.92 Å². The number of hydrogen-bond acceptors (Lipinski definition) is 1. The van der Waals surface area contributed by atoms with E-state index in [9.17, 15) is 0 Å². The first-order valence-corrected chi connectivity index (χ1v) is 4.36. The van der Waals surface area contributed by atoms with Crippen LogP contribution in [-0.4, -0.2) is 13.2 Å². The van der Waals surface area contributed by atoms with Crippen LogP contribution < -0.4 is 0 Å². The Labute approximate surface area is 73.4 Å². The van der Waals surface area contributed by atoms with Crippen molar-refractivity contribution in [3.63, 3.8) is 0 Å². The topological polar surface area (TPSA) is 9.23 Å². The fraction of sp³-hybridized carbons (Fsp3) is 0.455. The van der Waals surface area contributed by atoms with Gasteiger partial charge in [-0.05, 0) is 18.1 Å². The van der Waals surface area contributed by atoms with Crippen LogP contribution in [0.2, 0.25) is 0 Å². The van der Waals surface area contributed by atoms with Gasteiger partial charge in [-0.2, -0.15) is 0 Å². The molecule has 2 rings (SSSR count). The number of ether oxygens (including phenoxy) is 1. The van der Waals surface area contributed by atoms with Crippen LogP contribution in [0.15, 0.2) is 24.3 Å². The van der Waals surface area contributed by atoms with E-state index in [1.807, 2.05) is 0 Å². The Morgan fingerprint density at radius 3 is 2.42 bits per heavy atom. The van der Waals surface area contributed by atoms with Gasteiger partial charge in [0.25, 0.3) is 0 Å². The maximum absolute atomic E-state index is 5.25. The summed E-state index contributed by atoms with van der Waals surface area (Å²) in [5.74, 6) is 0. The van der Waals surface area contributed by atoms with Gasteiger partial charge < -0.3 is 4.74 Å². The Morgan fingerprint density at radius 1 is 1.25 bits per heavy atom. The fourth-order valence-electron chi connectivity index (χ4n) is 1.81. The molecule has 1 heteroatoms. The second-order valence-corrected chi connectivity index (χ2v) is 3.87. The minimum absolute atomic E-state index is 0.283. The van der Waals surface area contributed by atoms with Crippen molar-refractivity contribution in [1.29, 1.82) is 0 Å². The predicted molar refractivity (Wildman–Crippen MR) is 49.4 cm³/mol. The predicted octanol–water partition coefficient (Wildman–Crippen LogP) is 2.28. The van der Waals surface area contributed by atoms with Crippen molar-refractivity contribution in [1.82, 2.24) is 0 Å². The first-order valence-electron chi connectivity index (χ1n) is 4.36. The molecule has 0 N–H and O–H groups in total. The zero-order valence-electron chi connectivity index (χ0n) is 7.63. The molecule has 1 aromatic carbocycles. The molecule has 0 radical (unpaired) electrons. The molecule has 1 heterocycles. The molecule has 0 aromatic heterocycles. The fourth-order valence-corrected chi connectivity index (χ4v) is 1.81. The van der Waals surface area contributed by atoms with Crippen LogP contribution in [0.5, 0.6) is 0 Å². The molecule has 1 aliphatic rings. The van der Waals surface area contributed by atoms with Gasteiger partial charge in [-0.25, -0.2) is 0 Å². The zero-order chi connectivity index (χ0) is 8.60. The second kappa shape index (κ2) is 2.60. The largest absolute Gasteiger partial charge is 0.379 e. The third-order valence-corrected chi connectivity index (χ3v) is 2.64. The third kappa shape index (κ3) is 1.05. The van der Waals surface area contributed by atoms with Crippen molar-refractivity contribution in [3.05, 3.63) is 35.4 Å². The molecule has 1 nitrogen and oxygen atoms in total. The van der Waals surface area contributed by atoms with E-state index in [4.69, 9.17) is 4.74 Å². The SMILES string of the molecule is Cc1ccccc1C1(C)COC1. The van der Waals surface area contributed by atoms with Gasteiger partial charge in [0.1, 0.15) is 0 Å². The summed E-state index contributed by atoms with van der Waals surface area (Å²) in [7, 11) is 0. The lowest BCUT2D eigenvalue weighted by molar-refractivity contribution is -0.0502. The standard InChI is InChI=1S/C11H14O/c1-9-5-3-4-6-10(9)11(2)7-12-8-11/h3-6H,7-8H2,1-2H3. The maximum atomic E-state index is 5.25. The Balaban J connectivity index is 2.39. The first-order chi connectivity index (χ1) is 5.72. The molecule has 0 aliphatic carbocycles. The molecule has 1 saturated heterocycles. The molecule has 1 aliphatic heterocycles. The van der Waals surface area contributed by atoms with Crippen LogP contribution in [0.1, 0.15) is 18.1 Å². The summed E-state index contributed by atoms with van der Waals surface area (Å²) in [6, 6.07) is 8.56. The number of hydrogen-bond donors (Lipinski definition) is 0. The van der Waals surface area contributed by atoms with Gasteiger partial charge >= 0.3 is 0 Å². The molecule has 64 valence electrons. The summed E-state index contributed by atoms with van der Waals surface area (Å²) in [5.41, 5.74) is 3.10. The minimum atomic E-state index is 0.283. The van der Waals surface area contributed by atoms with E-state index in [2.05, 4.69) is 38.1 Å². The quantitative estimate of drug-likeness (QED) is 0.615. The third-order valence-electron chi connectivity index (χ3n) is 2.64. The van der Waals surface area contributed by atoms with E-state index >= 15 is 0 Å². The van der Waals surface area contributed by atoms with Gasteiger partial charge in [0.2, 0.25) is 0 Å². The maximum Gasteiger partial charge on any atom is 0.0583 e. The number of aryl methyl sites for hydroxylation is 1. The van der Waals surface area contributed by atoms with Gasteiger partial charge in [-0.15, -0.1) is 0 Å². The molecule has 1 fully saturated rings. The normalized spacial score (nSPS) is 20.2. The first kappa shape index (κ1) is 7.81. The summed E-state index contributed by atoms with van der Waals surface area (Å²) in [4.78, 5) is 0. The van der Waals surface area contributed by atoms with Gasteiger partial charge in [-0.1, -0.05) is 31.2 Å². The molecule has 0 atom stereocenters. The molecular formula is C11H14O. The van der Waals surface area contributed by atoms with Crippen molar-refractivity contribution >= 4 is 0 Å². The van der Waals surface area contributed by atoms with Crippen LogP contribution in [-0.2, 0) is 10.2 Å². The molecular weight excluding hydrogens is 148 g/mol. The highest BCUT2D eigenvalue weighted by Gasteiger charge is 2.35. The lowest BCUT2D eigenvalue weighted by atomic mass is 9.79. The van der Waals surface area contributed by atoms with Crippen LogP contribution in [0.4, 0.5) is 0 Å². The lowest BCUT2D eigenvalue weighted by Gasteiger charge is -2.39. The van der Waals surface area contributed by atoms with E-state index in [1.54, 1.807) is 0 Å². The molecule has 12 heavy (non-hydrogen) atoms. The average Bonchev–Trinajstić information content (AvgIpc) is 2.01. The summed E-state index contributed by atoms with van der Waals surface area (Å²) in [6.07, 6.45) is 0. The highest BCUT2D eigenvalue weighted by Crippen LogP contribution is 2.33. The van der Waals surface area contributed by atoms with Crippen LogP contribution in [0.25, 0.3) is 0 Å². The lowest BCUT2D eigenvalue weighted by Crippen LogP contribution is -2.44. The zero-order valence-corrected chi connectivity index (χ0v) is 7.63. The van der Waals surface area contributed by atoms with Crippen molar-refractivity contribution < 1.29 is 4.74 Å². The smallest absolute Gasteiger partial charge is 0.0583 e. The Morgan fingerprint density at radius 2 is 1.92 bits per heavy atom. The van der Waals surface area contributed by atoms with E-state index in [0.717, 1.165) is 13.2 Å². The van der Waals surface area contributed by atoms with E-state index in [0.29, 0.717) is 0 Å². The highest BCUT2D eigenvalue weighted by molar-refractivity contribution is 5.34. The van der Waals surface area contributed by atoms with Gasteiger partial charge in [-0.3, -0.25) is 0 Å². The summed E-state index contributed by atoms with van der Waals surface area (Å²) >= 11 is 0. The van der Waals surface area contributed by atoms with Crippen molar-refractivity contribution in [3.8, 4) is 0 Å². The average molecular weight is 162 g/mol. The van der Waals surface area contributed by atoms with Crippen molar-refractivity contribution in [2.75, 3.05) is 13.2 Å². The monoisotopic (exact) mass is 162 g/mol. The minimum Gasteiger partial charge on any atom is -0.379 e. The van der Waals surface area contributed by atoms with Crippen molar-refractivity contribution in [2.24, 2.45) is 0 Å². The van der Waals surface area contributed by atoms with Crippen LogP contribution in [0.3, 0.4) is 0 Å².